The number of aryl methyl sites for hydroxylation is 1. The van der Waals surface area contributed by atoms with Crippen LogP contribution in [-0.2, 0) is 0 Å². The maximum absolute atomic E-state index is 7.99. The minimum Gasteiger partial charge on any atom is -0.305 e. The normalized spacial score (nSPS) is 9.38. The highest BCUT2D eigenvalue weighted by atomic mass is 79.9. The first-order valence-electron chi connectivity index (χ1n) is 5.91. The van der Waals surface area contributed by atoms with E-state index in [0.717, 1.165) is 28.6 Å². The van der Waals surface area contributed by atoms with Crippen molar-refractivity contribution in [2.24, 2.45) is 0 Å². The zero-order valence-electron chi connectivity index (χ0n) is 10.9. The lowest BCUT2D eigenvalue weighted by molar-refractivity contribution is 0.983. The summed E-state index contributed by atoms with van der Waals surface area (Å²) in [6, 6.07) is 4.12. The van der Waals surface area contributed by atoms with Gasteiger partial charge < -0.3 is 5.41 Å². The van der Waals surface area contributed by atoms with E-state index < -0.39 is 0 Å². The van der Waals surface area contributed by atoms with E-state index >= 15 is 0 Å². The third-order valence-corrected chi connectivity index (χ3v) is 3.27. The van der Waals surface area contributed by atoms with Crippen molar-refractivity contribution in [3.8, 4) is 0 Å². The average molecular weight is 284 g/mol. The molecule has 2 heteroatoms. The highest BCUT2D eigenvalue weighted by Gasteiger charge is 2.09. The van der Waals surface area contributed by atoms with E-state index in [1.807, 2.05) is 19.9 Å². The Morgan fingerprint density at radius 2 is 1.81 bits per heavy atom. The second-order valence-corrected chi connectivity index (χ2v) is 4.45. The molecule has 0 bridgehead atoms. The van der Waals surface area contributed by atoms with Crippen molar-refractivity contribution in [2.75, 3.05) is 0 Å². The van der Waals surface area contributed by atoms with Crippen molar-refractivity contribution >= 4 is 21.6 Å². The molecule has 0 amide bonds. The molecule has 0 aromatic heterocycles. The number of rotatable bonds is 3. The molecule has 0 heterocycles. The molecule has 1 aromatic rings. The van der Waals surface area contributed by atoms with Crippen LogP contribution in [0.3, 0.4) is 0 Å². The predicted octanol–water partition coefficient (Wildman–Crippen LogP) is 5.26. The summed E-state index contributed by atoms with van der Waals surface area (Å²) in [6.45, 7) is 10.2. The Labute approximate surface area is 108 Å². The second-order valence-electron chi connectivity index (χ2n) is 3.59. The molecular weight excluding hydrogens is 262 g/mol. The summed E-state index contributed by atoms with van der Waals surface area (Å²) in [5.74, 6) is 0. The fourth-order valence-electron chi connectivity index (χ4n) is 1.66. The topological polar surface area (TPSA) is 23.9 Å². The van der Waals surface area contributed by atoms with Crippen molar-refractivity contribution in [1.82, 2.24) is 0 Å². The molecule has 0 saturated carbocycles. The van der Waals surface area contributed by atoms with Gasteiger partial charge in [-0.25, -0.2) is 0 Å². The fourth-order valence-corrected chi connectivity index (χ4v) is 1.99. The summed E-state index contributed by atoms with van der Waals surface area (Å²) < 4.78 is 1.10. The summed E-state index contributed by atoms with van der Waals surface area (Å²) in [5.41, 5.74) is 4.25. The van der Waals surface area contributed by atoms with Gasteiger partial charge in [-0.3, -0.25) is 0 Å². The number of halogens is 1. The SMILES string of the molecule is CC.CCCC(=N)c1c(C)ccc(Br)c1C. The largest absolute Gasteiger partial charge is 0.305 e. The van der Waals surface area contributed by atoms with Crippen LogP contribution in [0.1, 0.15) is 50.3 Å². The van der Waals surface area contributed by atoms with Crippen molar-refractivity contribution in [1.29, 1.82) is 5.41 Å². The molecule has 0 saturated heterocycles. The molecule has 0 spiro atoms. The molecule has 1 nitrogen and oxygen atoms in total. The number of hydrogen-bond donors (Lipinski definition) is 1. The molecule has 16 heavy (non-hydrogen) atoms. The molecular formula is C14H22BrN. The zero-order valence-corrected chi connectivity index (χ0v) is 12.5. The van der Waals surface area contributed by atoms with Crippen LogP contribution in [0, 0.1) is 19.3 Å². The Morgan fingerprint density at radius 1 is 1.25 bits per heavy atom. The van der Waals surface area contributed by atoms with Crippen molar-refractivity contribution in [3.05, 3.63) is 33.3 Å². The smallest absolute Gasteiger partial charge is 0.0391 e. The lowest BCUT2D eigenvalue weighted by Gasteiger charge is -2.11. The van der Waals surface area contributed by atoms with Crippen LogP contribution in [0.2, 0.25) is 0 Å². The first-order valence-corrected chi connectivity index (χ1v) is 6.70. The molecule has 90 valence electrons. The molecule has 1 N–H and O–H groups in total. The van der Waals surface area contributed by atoms with E-state index in [9.17, 15) is 0 Å². The van der Waals surface area contributed by atoms with E-state index in [1.54, 1.807) is 0 Å². The highest BCUT2D eigenvalue weighted by molar-refractivity contribution is 9.10. The van der Waals surface area contributed by atoms with Gasteiger partial charge in [0.1, 0.15) is 0 Å². The van der Waals surface area contributed by atoms with Gasteiger partial charge in [0.05, 0.1) is 0 Å². The van der Waals surface area contributed by atoms with Crippen molar-refractivity contribution in [2.45, 2.75) is 47.5 Å². The zero-order chi connectivity index (χ0) is 12.7. The molecule has 1 aromatic carbocycles. The average Bonchev–Trinajstić information content (AvgIpc) is 2.27. The minimum atomic E-state index is 0.754. The van der Waals surface area contributed by atoms with Gasteiger partial charge in [0.2, 0.25) is 0 Å². The monoisotopic (exact) mass is 283 g/mol. The Kier molecular flexibility index (Phi) is 7.31. The highest BCUT2D eigenvalue weighted by Crippen LogP contribution is 2.24. The molecule has 1 rings (SSSR count). The number of benzene rings is 1. The molecule has 0 aliphatic rings. The van der Waals surface area contributed by atoms with E-state index in [-0.39, 0.29) is 0 Å². The third kappa shape index (κ3) is 3.75. The molecule has 0 aliphatic carbocycles. The Balaban J connectivity index is 0.00000106. The second kappa shape index (κ2) is 7.61. The van der Waals surface area contributed by atoms with Crippen LogP contribution in [0.25, 0.3) is 0 Å². The van der Waals surface area contributed by atoms with Crippen LogP contribution in [0.4, 0.5) is 0 Å². The molecule has 0 radical (unpaired) electrons. The molecule has 0 fully saturated rings. The molecule has 0 unspecified atom stereocenters. The van der Waals surface area contributed by atoms with E-state index in [1.165, 1.54) is 11.1 Å². The van der Waals surface area contributed by atoms with Gasteiger partial charge in [0.15, 0.2) is 0 Å². The van der Waals surface area contributed by atoms with Gasteiger partial charge >= 0.3 is 0 Å². The van der Waals surface area contributed by atoms with Gasteiger partial charge in [0.25, 0.3) is 0 Å². The molecule has 0 aliphatic heterocycles. The quantitative estimate of drug-likeness (QED) is 0.732. The van der Waals surface area contributed by atoms with Gasteiger partial charge in [0, 0.05) is 15.7 Å². The number of nitrogens with one attached hydrogen (secondary N) is 1. The summed E-state index contributed by atoms with van der Waals surface area (Å²) in [7, 11) is 0. The maximum atomic E-state index is 7.99. The minimum absolute atomic E-state index is 0.754. The van der Waals surface area contributed by atoms with Gasteiger partial charge in [-0.1, -0.05) is 49.2 Å². The van der Waals surface area contributed by atoms with E-state index in [0.29, 0.717) is 0 Å². The lowest BCUT2D eigenvalue weighted by Crippen LogP contribution is -2.04. The summed E-state index contributed by atoms with van der Waals surface area (Å²) >= 11 is 3.50. The standard InChI is InChI=1S/C12H16BrN.C2H6/c1-4-5-11(14)12-8(2)6-7-10(13)9(12)3;1-2/h6-7,14H,4-5H2,1-3H3;1-2H3. The van der Waals surface area contributed by atoms with E-state index in [2.05, 4.69) is 42.8 Å². The summed E-state index contributed by atoms with van der Waals surface area (Å²) in [4.78, 5) is 0. The first kappa shape index (κ1) is 15.4. The van der Waals surface area contributed by atoms with Crippen molar-refractivity contribution < 1.29 is 0 Å². The third-order valence-electron chi connectivity index (χ3n) is 2.41. The number of hydrogen-bond acceptors (Lipinski definition) is 1. The first-order chi connectivity index (χ1) is 7.57. The fraction of sp³-hybridized carbons (Fsp3) is 0.500. The summed E-state index contributed by atoms with van der Waals surface area (Å²) in [5, 5.41) is 7.99. The van der Waals surface area contributed by atoms with Crippen LogP contribution in [-0.4, -0.2) is 5.71 Å². The Morgan fingerprint density at radius 3 is 2.31 bits per heavy atom. The lowest BCUT2D eigenvalue weighted by atomic mass is 9.96. The molecule has 0 atom stereocenters. The van der Waals surface area contributed by atoms with Crippen molar-refractivity contribution in [3.63, 3.8) is 0 Å². The van der Waals surface area contributed by atoms with Gasteiger partial charge in [-0.05, 0) is 37.5 Å². The predicted molar refractivity (Wildman–Crippen MR) is 76.7 cm³/mol. The Hall–Kier alpha value is -0.630. The van der Waals surface area contributed by atoms with Crippen LogP contribution < -0.4 is 0 Å². The Bertz CT molecular complexity index is 356. The van der Waals surface area contributed by atoms with E-state index in [4.69, 9.17) is 5.41 Å². The van der Waals surface area contributed by atoms with Crippen LogP contribution in [0.5, 0.6) is 0 Å². The van der Waals surface area contributed by atoms with Gasteiger partial charge in [-0.15, -0.1) is 0 Å². The maximum Gasteiger partial charge on any atom is 0.0391 e. The summed E-state index contributed by atoms with van der Waals surface area (Å²) in [6.07, 6.45) is 1.89. The van der Waals surface area contributed by atoms with Crippen LogP contribution >= 0.6 is 15.9 Å². The van der Waals surface area contributed by atoms with Gasteiger partial charge in [-0.2, -0.15) is 0 Å². The van der Waals surface area contributed by atoms with Crippen LogP contribution in [0.15, 0.2) is 16.6 Å².